The van der Waals surface area contributed by atoms with Crippen LogP contribution >= 0.6 is 0 Å². The minimum atomic E-state index is 0.296. The molecule has 0 spiro atoms. The number of nitrogens with zero attached hydrogens (tertiary/aromatic N) is 4. The smallest absolute Gasteiger partial charge is 0.186 e. The van der Waals surface area contributed by atoms with Crippen molar-refractivity contribution < 1.29 is 0 Å². The van der Waals surface area contributed by atoms with Crippen molar-refractivity contribution in [1.29, 1.82) is 5.26 Å². The van der Waals surface area contributed by atoms with E-state index in [1.54, 1.807) is 11.7 Å². The van der Waals surface area contributed by atoms with Gasteiger partial charge in [0.1, 0.15) is 6.07 Å². The third kappa shape index (κ3) is 1.22. The van der Waals surface area contributed by atoms with Crippen LogP contribution in [0.2, 0.25) is 0 Å². The SMILES string of the molecule is CC(C)c1c(C#N)nnn1C. The molecular weight excluding hydrogens is 140 g/mol. The summed E-state index contributed by atoms with van der Waals surface area (Å²) < 4.78 is 1.64. The number of nitriles is 1. The fraction of sp³-hybridized carbons (Fsp3) is 0.571. The van der Waals surface area contributed by atoms with E-state index in [4.69, 9.17) is 5.26 Å². The van der Waals surface area contributed by atoms with Crippen molar-refractivity contribution in [1.82, 2.24) is 15.0 Å². The second-order valence-corrected chi connectivity index (χ2v) is 2.71. The molecule has 0 saturated carbocycles. The zero-order chi connectivity index (χ0) is 8.43. The maximum Gasteiger partial charge on any atom is 0.186 e. The summed E-state index contributed by atoms with van der Waals surface area (Å²) in [5.41, 5.74) is 1.33. The van der Waals surface area contributed by atoms with E-state index in [0.29, 0.717) is 11.6 Å². The van der Waals surface area contributed by atoms with Gasteiger partial charge in [-0.15, -0.1) is 5.10 Å². The summed E-state index contributed by atoms with van der Waals surface area (Å²) in [6, 6.07) is 2.00. The molecule has 0 aliphatic carbocycles. The molecule has 0 aliphatic heterocycles. The molecule has 1 heterocycles. The van der Waals surface area contributed by atoms with E-state index in [0.717, 1.165) is 5.69 Å². The highest BCUT2D eigenvalue weighted by Gasteiger charge is 2.12. The predicted molar refractivity (Wildman–Crippen MR) is 39.8 cm³/mol. The van der Waals surface area contributed by atoms with Crippen LogP contribution in [0.25, 0.3) is 0 Å². The van der Waals surface area contributed by atoms with E-state index in [1.165, 1.54) is 0 Å². The molecule has 0 N–H and O–H groups in total. The van der Waals surface area contributed by atoms with E-state index in [2.05, 4.69) is 10.3 Å². The van der Waals surface area contributed by atoms with Gasteiger partial charge in [0.2, 0.25) is 0 Å². The average molecular weight is 150 g/mol. The van der Waals surface area contributed by atoms with Crippen LogP contribution in [0.3, 0.4) is 0 Å². The molecule has 0 radical (unpaired) electrons. The summed E-state index contributed by atoms with van der Waals surface area (Å²) in [6.45, 7) is 4.03. The van der Waals surface area contributed by atoms with Gasteiger partial charge in [-0.1, -0.05) is 19.1 Å². The normalized spacial score (nSPS) is 10.1. The molecule has 58 valence electrons. The summed E-state index contributed by atoms with van der Waals surface area (Å²) in [5.74, 6) is 0.296. The molecule has 0 amide bonds. The lowest BCUT2D eigenvalue weighted by Gasteiger charge is -2.02. The summed E-state index contributed by atoms with van der Waals surface area (Å²) in [5, 5.41) is 16.1. The molecule has 0 fully saturated rings. The van der Waals surface area contributed by atoms with Crippen molar-refractivity contribution in [2.24, 2.45) is 7.05 Å². The first-order chi connectivity index (χ1) is 5.16. The minimum absolute atomic E-state index is 0.296. The predicted octanol–water partition coefficient (Wildman–Crippen LogP) is 0.810. The van der Waals surface area contributed by atoms with E-state index >= 15 is 0 Å². The molecule has 11 heavy (non-hydrogen) atoms. The van der Waals surface area contributed by atoms with Gasteiger partial charge in [-0.25, -0.2) is 0 Å². The maximum absolute atomic E-state index is 8.61. The summed E-state index contributed by atoms with van der Waals surface area (Å²) in [7, 11) is 1.79. The second-order valence-electron chi connectivity index (χ2n) is 2.71. The highest BCUT2D eigenvalue weighted by Crippen LogP contribution is 2.14. The van der Waals surface area contributed by atoms with Crippen LogP contribution in [0.15, 0.2) is 0 Å². The number of hydrogen-bond acceptors (Lipinski definition) is 3. The van der Waals surface area contributed by atoms with Gasteiger partial charge in [-0.05, 0) is 5.92 Å². The van der Waals surface area contributed by atoms with Crippen LogP contribution in [0, 0.1) is 11.3 Å². The van der Waals surface area contributed by atoms with Gasteiger partial charge in [0.15, 0.2) is 5.69 Å². The van der Waals surface area contributed by atoms with Gasteiger partial charge in [0.25, 0.3) is 0 Å². The van der Waals surface area contributed by atoms with Gasteiger partial charge >= 0.3 is 0 Å². The van der Waals surface area contributed by atoms with Crippen molar-refractivity contribution in [3.8, 4) is 6.07 Å². The van der Waals surface area contributed by atoms with Gasteiger partial charge in [0.05, 0.1) is 5.69 Å². The molecule has 1 aromatic rings. The molecule has 4 heteroatoms. The van der Waals surface area contributed by atoms with Crippen LogP contribution in [-0.4, -0.2) is 15.0 Å². The number of rotatable bonds is 1. The van der Waals surface area contributed by atoms with Crippen LogP contribution in [0.1, 0.15) is 31.2 Å². The lowest BCUT2D eigenvalue weighted by atomic mass is 10.1. The highest BCUT2D eigenvalue weighted by atomic mass is 15.4. The van der Waals surface area contributed by atoms with E-state index < -0.39 is 0 Å². The van der Waals surface area contributed by atoms with Crippen LogP contribution in [0.5, 0.6) is 0 Å². The third-order valence-electron chi connectivity index (χ3n) is 1.52. The van der Waals surface area contributed by atoms with Crippen LogP contribution in [-0.2, 0) is 7.05 Å². The Hall–Kier alpha value is -1.37. The first-order valence-electron chi connectivity index (χ1n) is 3.46. The van der Waals surface area contributed by atoms with Gasteiger partial charge in [0, 0.05) is 7.05 Å². The van der Waals surface area contributed by atoms with Crippen molar-refractivity contribution >= 4 is 0 Å². The second kappa shape index (κ2) is 2.70. The lowest BCUT2D eigenvalue weighted by Crippen LogP contribution is -2.01. The largest absolute Gasteiger partial charge is 0.251 e. The van der Waals surface area contributed by atoms with Gasteiger partial charge < -0.3 is 0 Å². The third-order valence-corrected chi connectivity index (χ3v) is 1.52. The Morgan fingerprint density at radius 2 is 2.18 bits per heavy atom. The molecule has 0 aliphatic rings. The Bertz CT molecular complexity index is 292. The standard InChI is InChI=1S/C7H10N4/c1-5(2)7-6(4-8)9-10-11(7)3/h5H,1-3H3. The molecule has 4 nitrogen and oxygen atoms in total. The molecule has 0 atom stereocenters. The van der Waals surface area contributed by atoms with Crippen LogP contribution in [0.4, 0.5) is 0 Å². The summed E-state index contributed by atoms with van der Waals surface area (Å²) in [6.07, 6.45) is 0. The first-order valence-corrected chi connectivity index (χ1v) is 3.46. The zero-order valence-electron chi connectivity index (χ0n) is 6.87. The fourth-order valence-electron chi connectivity index (χ4n) is 1.09. The van der Waals surface area contributed by atoms with Gasteiger partial charge in [-0.2, -0.15) is 5.26 Å². The number of hydrogen-bond donors (Lipinski definition) is 0. The van der Waals surface area contributed by atoms with E-state index in [9.17, 15) is 0 Å². The molecule has 1 rings (SSSR count). The molecule has 0 saturated heterocycles. The maximum atomic E-state index is 8.61. The fourth-order valence-corrected chi connectivity index (χ4v) is 1.09. The Balaban J connectivity index is 3.21. The Morgan fingerprint density at radius 1 is 1.55 bits per heavy atom. The number of aromatic nitrogens is 3. The summed E-state index contributed by atoms with van der Waals surface area (Å²) in [4.78, 5) is 0. The average Bonchev–Trinajstić information content (AvgIpc) is 2.30. The molecule has 1 aromatic heterocycles. The van der Waals surface area contributed by atoms with Crippen molar-refractivity contribution in [3.05, 3.63) is 11.4 Å². The Morgan fingerprint density at radius 3 is 2.55 bits per heavy atom. The van der Waals surface area contributed by atoms with Crippen molar-refractivity contribution in [2.75, 3.05) is 0 Å². The van der Waals surface area contributed by atoms with Crippen molar-refractivity contribution in [3.63, 3.8) is 0 Å². The van der Waals surface area contributed by atoms with Gasteiger partial charge in [-0.3, -0.25) is 4.68 Å². The quantitative estimate of drug-likeness (QED) is 0.595. The lowest BCUT2D eigenvalue weighted by molar-refractivity contribution is 0.648. The minimum Gasteiger partial charge on any atom is -0.251 e. The van der Waals surface area contributed by atoms with E-state index in [1.807, 2.05) is 19.9 Å². The van der Waals surface area contributed by atoms with Crippen LogP contribution < -0.4 is 0 Å². The van der Waals surface area contributed by atoms with E-state index in [-0.39, 0.29) is 0 Å². The topological polar surface area (TPSA) is 54.5 Å². The van der Waals surface area contributed by atoms with Crippen molar-refractivity contribution in [2.45, 2.75) is 19.8 Å². The molecular formula is C7H10N4. The zero-order valence-corrected chi connectivity index (χ0v) is 6.87. The first kappa shape index (κ1) is 7.73. The molecule has 0 unspecified atom stereocenters. The monoisotopic (exact) mass is 150 g/mol. The number of aryl methyl sites for hydroxylation is 1. The molecule has 0 bridgehead atoms. The Kier molecular flexibility index (Phi) is 1.90. The molecule has 0 aromatic carbocycles. The highest BCUT2D eigenvalue weighted by molar-refractivity contribution is 5.26. The Labute approximate surface area is 65.4 Å². The summed E-state index contributed by atoms with van der Waals surface area (Å²) >= 11 is 0.